The molecule has 0 fully saturated rings. The molecule has 0 saturated carbocycles. The third-order valence-corrected chi connectivity index (χ3v) is 6.49. The van der Waals surface area contributed by atoms with Gasteiger partial charge in [-0.15, -0.1) is 5.10 Å². The molecule has 6 nitrogen and oxygen atoms in total. The smallest absolute Gasteiger partial charge is 0.235 e. The van der Waals surface area contributed by atoms with Gasteiger partial charge in [-0.2, -0.15) is 4.31 Å². The van der Waals surface area contributed by atoms with E-state index in [-0.39, 0.29) is 9.63 Å². The van der Waals surface area contributed by atoms with E-state index < -0.39 is 10.0 Å². The molecule has 112 valence electrons. The van der Waals surface area contributed by atoms with Gasteiger partial charge in [0.1, 0.15) is 0 Å². The Balaban J connectivity index is 1.92. The fourth-order valence-electron chi connectivity index (χ4n) is 2.61. The molecule has 1 aromatic carbocycles. The van der Waals surface area contributed by atoms with E-state index in [1.54, 1.807) is 7.05 Å². The molecule has 0 saturated heterocycles. The SMILES string of the molecule is Cn1nnc(Br)c1S(=O)(=O)N1CCc2ccccc2CC1. The van der Waals surface area contributed by atoms with Crippen LogP contribution in [-0.4, -0.2) is 40.8 Å². The van der Waals surface area contributed by atoms with E-state index in [0.717, 1.165) is 12.8 Å². The van der Waals surface area contributed by atoms with Gasteiger partial charge in [-0.3, -0.25) is 0 Å². The molecule has 0 amide bonds. The second-order valence-corrected chi connectivity index (χ2v) is 7.59. The maximum Gasteiger partial charge on any atom is 0.263 e. The zero-order valence-electron chi connectivity index (χ0n) is 11.5. The lowest BCUT2D eigenvalue weighted by atomic mass is 10.0. The average Bonchev–Trinajstić information content (AvgIpc) is 2.68. The van der Waals surface area contributed by atoms with E-state index >= 15 is 0 Å². The van der Waals surface area contributed by atoms with Crippen molar-refractivity contribution in [3.05, 3.63) is 40.0 Å². The van der Waals surface area contributed by atoms with Crippen molar-refractivity contribution >= 4 is 26.0 Å². The molecule has 0 N–H and O–H groups in total. The van der Waals surface area contributed by atoms with Gasteiger partial charge in [-0.1, -0.05) is 29.5 Å². The first-order chi connectivity index (χ1) is 10.00. The topological polar surface area (TPSA) is 68.1 Å². The highest BCUT2D eigenvalue weighted by Gasteiger charge is 2.31. The van der Waals surface area contributed by atoms with E-state index in [1.165, 1.54) is 20.1 Å². The summed E-state index contributed by atoms with van der Waals surface area (Å²) in [5, 5.41) is 7.62. The van der Waals surface area contributed by atoms with Crippen LogP contribution in [0.1, 0.15) is 11.1 Å². The second kappa shape index (κ2) is 5.51. The first-order valence-electron chi connectivity index (χ1n) is 6.62. The summed E-state index contributed by atoms with van der Waals surface area (Å²) in [6, 6.07) is 8.11. The fraction of sp³-hybridized carbons (Fsp3) is 0.385. The molecule has 1 aromatic heterocycles. The summed E-state index contributed by atoms with van der Waals surface area (Å²) in [4.78, 5) is 0. The highest BCUT2D eigenvalue weighted by Crippen LogP contribution is 2.25. The molecule has 1 aliphatic rings. The van der Waals surface area contributed by atoms with Crippen molar-refractivity contribution in [1.82, 2.24) is 19.3 Å². The van der Waals surface area contributed by atoms with E-state index in [1.807, 2.05) is 12.1 Å². The van der Waals surface area contributed by atoms with Crippen molar-refractivity contribution in [3.8, 4) is 0 Å². The van der Waals surface area contributed by atoms with Gasteiger partial charge in [0.25, 0.3) is 10.0 Å². The molecule has 1 aliphatic heterocycles. The number of halogens is 1. The maximum absolute atomic E-state index is 12.8. The Hall–Kier alpha value is -1.25. The average molecular weight is 371 g/mol. The third kappa shape index (κ3) is 2.63. The van der Waals surface area contributed by atoms with Crippen molar-refractivity contribution in [2.45, 2.75) is 17.9 Å². The molecular formula is C13H15BrN4O2S. The van der Waals surface area contributed by atoms with Crippen molar-refractivity contribution in [2.75, 3.05) is 13.1 Å². The Kier molecular flexibility index (Phi) is 3.85. The highest BCUT2D eigenvalue weighted by molar-refractivity contribution is 9.10. The number of sulfonamides is 1. The van der Waals surface area contributed by atoms with Crippen LogP contribution >= 0.6 is 15.9 Å². The van der Waals surface area contributed by atoms with E-state index in [4.69, 9.17) is 0 Å². The number of aromatic nitrogens is 3. The van der Waals surface area contributed by atoms with Gasteiger partial charge in [-0.25, -0.2) is 13.1 Å². The van der Waals surface area contributed by atoms with Gasteiger partial charge < -0.3 is 0 Å². The first kappa shape index (κ1) is 14.7. The molecule has 0 aliphatic carbocycles. The Morgan fingerprint density at radius 1 is 1.14 bits per heavy atom. The lowest BCUT2D eigenvalue weighted by molar-refractivity contribution is 0.419. The molecule has 2 aromatic rings. The van der Waals surface area contributed by atoms with Crippen molar-refractivity contribution in [1.29, 1.82) is 0 Å². The minimum atomic E-state index is -3.60. The summed E-state index contributed by atoms with van der Waals surface area (Å²) in [6.45, 7) is 0.938. The first-order valence-corrected chi connectivity index (χ1v) is 8.85. The van der Waals surface area contributed by atoms with Crippen LogP contribution in [0.25, 0.3) is 0 Å². The van der Waals surface area contributed by atoms with E-state index in [9.17, 15) is 8.42 Å². The van der Waals surface area contributed by atoms with Crippen LogP contribution < -0.4 is 0 Å². The lowest BCUT2D eigenvalue weighted by Crippen LogP contribution is -2.34. The second-order valence-electron chi connectivity index (χ2n) is 4.98. The summed E-state index contributed by atoms with van der Waals surface area (Å²) in [7, 11) is -2.02. The zero-order chi connectivity index (χ0) is 15.0. The molecule has 0 atom stereocenters. The summed E-state index contributed by atoms with van der Waals surface area (Å²) in [5.41, 5.74) is 2.44. The van der Waals surface area contributed by atoms with Crippen LogP contribution in [0.15, 0.2) is 33.9 Å². The molecule has 0 unspecified atom stereocenters. The molecular weight excluding hydrogens is 356 g/mol. The molecule has 0 spiro atoms. The number of hydrogen-bond acceptors (Lipinski definition) is 4. The zero-order valence-corrected chi connectivity index (χ0v) is 13.9. The number of aryl methyl sites for hydroxylation is 1. The molecule has 8 heteroatoms. The van der Waals surface area contributed by atoms with Gasteiger partial charge >= 0.3 is 0 Å². The van der Waals surface area contributed by atoms with E-state index in [0.29, 0.717) is 13.1 Å². The molecule has 0 bridgehead atoms. The van der Waals surface area contributed by atoms with Gasteiger partial charge in [0.05, 0.1) is 0 Å². The summed E-state index contributed by atoms with van der Waals surface area (Å²) < 4.78 is 28.6. The monoisotopic (exact) mass is 370 g/mol. The predicted molar refractivity (Wildman–Crippen MR) is 81.3 cm³/mol. The van der Waals surface area contributed by atoms with Crippen LogP contribution in [0.4, 0.5) is 0 Å². The summed E-state index contributed by atoms with van der Waals surface area (Å²) in [5.74, 6) is 0. The Labute approximate surface area is 131 Å². The summed E-state index contributed by atoms with van der Waals surface area (Å²) in [6.07, 6.45) is 1.44. The number of hydrogen-bond donors (Lipinski definition) is 0. The molecule has 21 heavy (non-hydrogen) atoms. The fourth-order valence-corrected chi connectivity index (χ4v) is 5.08. The van der Waals surface area contributed by atoms with Crippen LogP contribution in [0.5, 0.6) is 0 Å². The van der Waals surface area contributed by atoms with Gasteiger partial charge in [0.15, 0.2) is 4.60 Å². The Morgan fingerprint density at radius 3 is 2.19 bits per heavy atom. The standard InChI is InChI=1S/C13H15BrN4O2S/c1-17-13(12(14)15-16-17)21(19,20)18-8-6-10-4-2-3-5-11(10)7-9-18/h2-5H,6-9H2,1H3. The van der Waals surface area contributed by atoms with Crippen molar-refractivity contribution in [3.63, 3.8) is 0 Å². The Bertz CT molecular complexity index is 726. The molecule has 3 rings (SSSR count). The molecule has 0 radical (unpaired) electrons. The highest BCUT2D eigenvalue weighted by atomic mass is 79.9. The normalized spacial score (nSPS) is 16.5. The number of rotatable bonds is 2. The third-order valence-electron chi connectivity index (χ3n) is 3.70. The van der Waals surface area contributed by atoms with E-state index in [2.05, 4.69) is 38.4 Å². The molecule has 2 heterocycles. The largest absolute Gasteiger partial charge is 0.263 e. The van der Waals surface area contributed by atoms with Crippen LogP contribution in [0.2, 0.25) is 0 Å². The minimum absolute atomic E-state index is 0.105. The quantitative estimate of drug-likeness (QED) is 0.800. The number of nitrogens with zero attached hydrogens (tertiary/aromatic N) is 4. The maximum atomic E-state index is 12.8. The Morgan fingerprint density at radius 2 is 1.71 bits per heavy atom. The van der Waals surface area contributed by atoms with Gasteiger partial charge in [0, 0.05) is 20.1 Å². The lowest BCUT2D eigenvalue weighted by Gasteiger charge is -2.19. The van der Waals surface area contributed by atoms with Crippen LogP contribution in [-0.2, 0) is 29.9 Å². The van der Waals surface area contributed by atoms with Crippen molar-refractivity contribution < 1.29 is 8.42 Å². The minimum Gasteiger partial charge on any atom is -0.235 e. The van der Waals surface area contributed by atoms with Gasteiger partial charge in [-0.05, 0) is 39.9 Å². The van der Waals surface area contributed by atoms with Crippen LogP contribution in [0.3, 0.4) is 0 Å². The number of fused-ring (bicyclic) bond motifs is 1. The van der Waals surface area contributed by atoms with Crippen molar-refractivity contribution in [2.24, 2.45) is 7.05 Å². The predicted octanol–water partition coefficient (Wildman–Crippen LogP) is 1.37. The number of benzene rings is 1. The van der Waals surface area contributed by atoms with Crippen LogP contribution in [0, 0.1) is 0 Å². The van der Waals surface area contributed by atoms with Gasteiger partial charge in [0.2, 0.25) is 5.03 Å². The summed E-state index contributed by atoms with van der Waals surface area (Å²) >= 11 is 3.17.